The second-order valence-electron chi connectivity index (χ2n) is 7.35. The topological polar surface area (TPSA) is 76.1 Å². The Hall–Kier alpha value is -4.19. The van der Waals surface area contributed by atoms with Crippen molar-refractivity contribution in [2.24, 2.45) is 0 Å². The average Bonchev–Trinajstić information content (AvgIpc) is 2.85. The summed E-state index contributed by atoms with van der Waals surface area (Å²) in [6.07, 6.45) is 0. The van der Waals surface area contributed by atoms with E-state index >= 15 is 0 Å². The molecule has 0 fully saturated rings. The van der Waals surface area contributed by atoms with Crippen molar-refractivity contribution in [2.45, 2.75) is 13.0 Å². The summed E-state index contributed by atoms with van der Waals surface area (Å²) in [4.78, 5) is 12.8. The van der Waals surface area contributed by atoms with Crippen LogP contribution in [0.15, 0.2) is 91.0 Å². The first kappa shape index (κ1) is 21.1. The average molecular weight is 425 g/mol. The maximum atomic E-state index is 12.8. The fraction of sp³-hybridized carbons (Fsp3) is 0.115. The number of carbonyl (C=O) groups is 1. The molecule has 32 heavy (non-hydrogen) atoms. The number of benzene rings is 3. The highest BCUT2D eigenvalue weighted by Crippen LogP contribution is 2.21. The first-order valence-corrected chi connectivity index (χ1v) is 10.3. The summed E-state index contributed by atoms with van der Waals surface area (Å²) >= 11 is 0. The Kier molecular flexibility index (Phi) is 6.41. The van der Waals surface area contributed by atoms with E-state index in [1.54, 1.807) is 19.2 Å². The molecule has 1 heterocycles. The number of anilines is 2. The second-order valence-corrected chi connectivity index (χ2v) is 7.35. The quantitative estimate of drug-likeness (QED) is 0.416. The van der Waals surface area contributed by atoms with Crippen molar-refractivity contribution in [3.8, 4) is 17.0 Å². The minimum atomic E-state index is -0.161. The summed E-state index contributed by atoms with van der Waals surface area (Å²) in [5.41, 5.74) is 4.10. The molecule has 4 aromatic rings. The zero-order chi connectivity index (χ0) is 22.3. The minimum Gasteiger partial charge on any atom is -0.497 e. The molecule has 0 aliphatic rings. The number of nitrogens with one attached hydrogen (secondary N) is 2. The van der Waals surface area contributed by atoms with Gasteiger partial charge in [0.1, 0.15) is 5.75 Å². The van der Waals surface area contributed by atoms with Gasteiger partial charge in [0.15, 0.2) is 5.82 Å². The third-order valence-corrected chi connectivity index (χ3v) is 5.07. The molecule has 0 aliphatic carbocycles. The SMILES string of the molecule is COc1cccc([C@@H](C)NC(=O)c2cccc(Nc3ccc(-c4ccccc4)nn3)c2)c1. The van der Waals surface area contributed by atoms with Crippen molar-refractivity contribution in [1.82, 2.24) is 15.5 Å². The Morgan fingerprint density at radius 2 is 1.69 bits per heavy atom. The summed E-state index contributed by atoms with van der Waals surface area (Å²) in [6, 6.07) is 28.5. The van der Waals surface area contributed by atoms with Crippen molar-refractivity contribution >= 4 is 17.4 Å². The number of amides is 1. The van der Waals surface area contributed by atoms with Gasteiger partial charge in [0.25, 0.3) is 5.91 Å². The van der Waals surface area contributed by atoms with Crippen LogP contribution in [0.2, 0.25) is 0 Å². The van der Waals surface area contributed by atoms with E-state index in [2.05, 4.69) is 20.8 Å². The van der Waals surface area contributed by atoms with Crippen LogP contribution in [0.3, 0.4) is 0 Å². The van der Waals surface area contributed by atoms with Crippen LogP contribution in [0.4, 0.5) is 11.5 Å². The van der Waals surface area contributed by atoms with E-state index in [1.165, 1.54) is 0 Å². The van der Waals surface area contributed by atoms with Gasteiger partial charge in [-0.05, 0) is 55.0 Å². The number of carbonyl (C=O) groups excluding carboxylic acids is 1. The van der Waals surface area contributed by atoms with Gasteiger partial charge in [-0.3, -0.25) is 4.79 Å². The highest BCUT2D eigenvalue weighted by molar-refractivity contribution is 5.95. The summed E-state index contributed by atoms with van der Waals surface area (Å²) in [7, 11) is 1.63. The lowest BCUT2D eigenvalue weighted by Crippen LogP contribution is -2.26. The van der Waals surface area contributed by atoms with Gasteiger partial charge in [-0.25, -0.2) is 0 Å². The minimum absolute atomic E-state index is 0.158. The smallest absolute Gasteiger partial charge is 0.251 e. The van der Waals surface area contributed by atoms with E-state index in [-0.39, 0.29) is 11.9 Å². The number of aromatic nitrogens is 2. The van der Waals surface area contributed by atoms with E-state index in [0.29, 0.717) is 11.4 Å². The molecular weight excluding hydrogens is 400 g/mol. The van der Waals surface area contributed by atoms with Gasteiger partial charge in [0.2, 0.25) is 0 Å². The molecule has 0 radical (unpaired) electrons. The predicted octanol–water partition coefficient (Wildman–Crippen LogP) is 5.39. The van der Waals surface area contributed by atoms with Gasteiger partial charge >= 0.3 is 0 Å². The van der Waals surface area contributed by atoms with Crippen molar-refractivity contribution < 1.29 is 9.53 Å². The fourth-order valence-corrected chi connectivity index (χ4v) is 3.32. The number of nitrogens with zero attached hydrogens (tertiary/aromatic N) is 2. The maximum absolute atomic E-state index is 12.8. The lowest BCUT2D eigenvalue weighted by atomic mass is 10.1. The van der Waals surface area contributed by atoms with Crippen LogP contribution in [0.25, 0.3) is 11.3 Å². The first-order valence-electron chi connectivity index (χ1n) is 10.3. The van der Waals surface area contributed by atoms with E-state index in [0.717, 1.165) is 28.3 Å². The third-order valence-electron chi connectivity index (χ3n) is 5.07. The molecule has 0 bridgehead atoms. The van der Waals surface area contributed by atoms with Crippen LogP contribution in [0.1, 0.15) is 28.9 Å². The molecular formula is C26H24N4O2. The summed E-state index contributed by atoms with van der Waals surface area (Å²) in [5, 5.41) is 14.8. The Balaban J connectivity index is 1.43. The summed E-state index contributed by atoms with van der Waals surface area (Å²) in [5.74, 6) is 1.20. The van der Waals surface area contributed by atoms with Crippen molar-refractivity contribution in [1.29, 1.82) is 0 Å². The normalized spacial score (nSPS) is 11.4. The lowest BCUT2D eigenvalue weighted by molar-refractivity contribution is 0.0940. The third kappa shape index (κ3) is 5.10. The summed E-state index contributed by atoms with van der Waals surface area (Å²) < 4.78 is 5.27. The summed E-state index contributed by atoms with van der Waals surface area (Å²) in [6.45, 7) is 1.94. The molecule has 1 atom stereocenters. The highest BCUT2D eigenvalue weighted by Gasteiger charge is 2.13. The van der Waals surface area contributed by atoms with E-state index < -0.39 is 0 Å². The zero-order valence-electron chi connectivity index (χ0n) is 17.9. The molecule has 4 rings (SSSR count). The number of ether oxygens (including phenoxy) is 1. The van der Waals surface area contributed by atoms with Gasteiger partial charge < -0.3 is 15.4 Å². The number of hydrogen-bond acceptors (Lipinski definition) is 5. The Labute approximate surface area is 187 Å². The highest BCUT2D eigenvalue weighted by atomic mass is 16.5. The number of hydrogen-bond donors (Lipinski definition) is 2. The second kappa shape index (κ2) is 9.75. The van der Waals surface area contributed by atoms with Crippen molar-refractivity contribution in [2.75, 3.05) is 12.4 Å². The van der Waals surface area contributed by atoms with Crippen LogP contribution in [-0.4, -0.2) is 23.2 Å². The van der Waals surface area contributed by atoms with Crippen LogP contribution in [0, 0.1) is 0 Å². The lowest BCUT2D eigenvalue weighted by Gasteiger charge is -2.16. The van der Waals surface area contributed by atoms with Gasteiger partial charge in [-0.15, -0.1) is 10.2 Å². The van der Waals surface area contributed by atoms with Gasteiger partial charge in [0.05, 0.1) is 18.8 Å². The monoisotopic (exact) mass is 424 g/mol. The van der Waals surface area contributed by atoms with Crippen molar-refractivity contribution in [3.63, 3.8) is 0 Å². The molecule has 1 aromatic heterocycles. The Bertz CT molecular complexity index is 1190. The van der Waals surface area contributed by atoms with Crippen LogP contribution in [0.5, 0.6) is 5.75 Å². The molecule has 0 aliphatic heterocycles. The molecule has 0 saturated heterocycles. The molecule has 0 spiro atoms. The van der Waals surface area contributed by atoms with E-state index in [1.807, 2.05) is 85.8 Å². The van der Waals surface area contributed by atoms with Crippen LogP contribution in [-0.2, 0) is 0 Å². The number of rotatable bonds is 7. The first-order chi connectivity index (χ1) is 15.6. The van der Waals surface area contributed by atoms with Gasteiger partial charge in [-0.1, -0.05) is 48.5 Å². The molecule has 6 nitrogen and oxygen atoms in total. The molecule has 0 saturated carbocycles. The molecule has 1 amide bonds. The Morgan fingerprint density at radius 1 is 0.875 bits per heavy atom. The fourth-order valence-electron chi connectivity index (χ4n) is 3.32. The van der Waals surface area contributed by atoms with Crippen LogP contribution >= 0.6 is 0 Å². The van der Waals surface area contributed by atoms with Gasteiger partial charge in [0, 0.05) is 16.8 Å². The van der Waals surface area contributed by atoms with E-state index in [4.69, 9.17) is 4.74 Å². The maximum Gasteiger partial charge on any atom is 0.251 e. The predicted molar refractivity (Wildman–Crippen MR) is 126 cm³/mol. The molecule has 160 valence electrons. The molecule has 6 heteroatoms. The van der Waals surface area contributed by atoms with Crippen LogP contribution < -0.4 is 15.4 Å². The van der Waals surface area contributed by atoms with Crippen molar-refractivity contribution in [3.05, 3.63) is 102 Å². The largest absolute Gasteiger partial charge is 0.497 e. The zero-order valence-corrected chi connectivity index (χ0v) is 17.9. The van der Waals surface area contributed by atoms with Gasteiger partial charge in [-0.2, -0.15) is 0 Å². The number of methoxy groups -OCH3 is 1. The van der Waals surface area contributed by atoms with E-state index in [9.17, 15) is 4.79 Å². The molecule has 3 aromatic carbocycles. The Morgan fingerprint density at radius 3 is 2.44 bits per heavy atom. The molecule has 2 N–H and O–H groups in total. The standard InChI is InChI=1S/C26H24N4O2/c1-18(20-10-7-13-23(17-20)32-2)27-26(31)21-11-6-12-22(16-21)28-25-15-14-24(29-30-25)19-8-4-3-5-9-19/h3-18H,1-2H3,(H,27,31)(H,28,30)/t18-/m1/s1. The molecule has 0 unspecified atom stereocenters.